The molecule has 7 heteroatoms. The summed E-state index contributed by atoms with van der Waals surface area (Å²) in [7, 11) is 0. The van der Waals surface area contributed by atoms with Gasteiger partial charge in [0, 0.05) is 35.1 Å². The van der Waals surface area contributed by atoms with Crippen molar-refractivity contribution in [3.8, 4) is 11.5 Å². The first-order valence-electron chi connectivity index (χ1n) is 10.7. The predicted molar refractivity (Wildman–Crippen MR) is 120 cm³/mol. The van der Waals surface area contributed by atoms with Crippen molar-refractivity contribution in [1.29, 1.82) is 0 Å². The van der Waals surface area contributed by atoms with Gasteiger partial charge in [-0.1, -0.05) is 33.4 Å². The number of benzene rings is 1. The fourth-order valence-electron chi connectivity index (χ4n) is 4.63. The van der Waals surface area contributed by atoms with Gasteiger partial charge in [0.1, 0.15) is 12.5 Å². The molecule has 1 aromatic carbocycles. The van der Waals surface area contributed by atoms with Crippen molar-refractivity contribution in [3.05, 3.63) is 47.3 Å². The van der Waals surface area contributed by atoms with Gasteiger partial charge in [0.25, 0.3) is 0 Å². The third-order valence-corrected chi connectivity index (χ3v) is 6.80. The van der Waals surface area contributed by atoms with Gasteiger partial charge in [0.05, 0.1) is 0 Å². The summed E-state index contributed by atoms with van der Waals surface area (Å²) in [6, 6.07) is 5.61. The monoisotopic (exact) mass is 443 g/mol. The van der Waals surface area contributed by atoms with Crippen molar-refractivity contribution in [2.75, 3.05) is 24.9 Å². The SMILES string of the molecule is C=C1NC2=C(C(=O)CC(C)(C)C2)C(c2ccc3c(c2)OCO3)C1C(=O)OCCSCC. The Labute approximate surface area is 187 Å². The number of nitrogens with one attached hydrogen (secondary N) is 1. The van der Waals surface area contributed by atoms with Crippen LogP contribution in [0.25, 0.3) is 0 Å². The van der Waals surface area contributed by atoms with Crippen LogP contribution in [0.1, 0.15) is 45.1 Å². The Balaban J connectivity index is 1.74. The van der Waals surface area contributed by atoms with Crippen LogP contribution in [0, 0.1) is 11.3 Å². The molecule has 166 valence electrons. The van der Waals surface area contributed by atoms with Crippen molar-refractivity contribution < 1.29 is 23.8 Å². The molecular weight excluding hydrogens is 414 g/mol. The molecule has 0 amide bonds. The standard InChI is InChI=1S/C24H29NO5S/c1-5-31-9-8-28-23(27)20-14(2)25-16-11-24(3,4)12-17(26)22(16)21(20)15-6-7-18-19(10-15)30-13-29-18/h6-7,10,20-21,25H,2,5,8-9,11-13H2,1,3-4H3. The molecule has 2 atom stereocenters. The fraction of sp³-hybridized carbons (Fsp3) is 0.500. The zero-order valence-corrected chi connectivity index (χ0v) is 19.1. The Morgan fingerprint density at radius 1 is 1.29 bits per heavy atom. The molecular formula is C24H29NO5S. The molecule has 0 spiro atoms. The van der Waals surface area contributed by atoms with E-state index in [-0.39, 0.29) is 24.0 Å². The number of esters is 1. The van der Waals surface area contributed by atoms with Gasteiger partial charge < -0.3 is 19.5 Å². The lowest BCUT2D eigenvalue weighted by molar-refractivity contribution is -0.147. The van der Waals surface area contributed by atoms with E-state index in [9.17, 15) is 9.59 Å². The minimum Gasteiger partial charge on any atom is -0.464 e. The second kappa shape index (κ2) is 8.61. The number of allylic oxidation sites excluding steroid dienone is 2. The number of thioether (sulfide) groups is 1. The van der Waals surface area contributed by atoms with Gasteiger partial charge >= 0.3 is 5.97 Å². The van der Waals surface area contributed by atoms with Crippen LogP contribution in [0.15, 0.2) is 41.7 Å². The second-order valence-corrected chi connectivity index (χ2v) is 10.3. The summed E-state index contributed by atoms with van der Waals surface area (Å²) in [5.74, 6) is 1.55. The first-order chi connectivity index (χ1) is 14.8. The zero-order valence-electron chi connectivity index (χ0n) is 18.3. The van der Waals surface area contributed by atoms with Crippen molar-refractivity contribution in [1.82, 2.24) is 5.32 Å². The lowest BCUT2D eigenvalue weighted by atomic mass is 9.66. The van der Waals surface area contributed by atoms with E-state index in [0.717, 1.165) is 29.2 Å². The summed E-state index contributed by atoms with van der Waals surface area (Å²) in [6.07, 6.45) is 1.17. The molecule has 0 fully saturated rings. The Hall–Kier alpha value is -2.41. The molecule has 0 aromatic heterocycles. The summed E-state index contributed by atoms with van der Waals surface area (Å²) >= 11 is 1.72. The largest absolute Gasteiger partial charge is 0.464 e. The van der Waals surface area contributed by atoms with Gasteiger partial charge in [0.15, 0.2) is 17.3 Å². The number of hydrogen-bond acceptors (Lipinski definition) is 7. The number of carbonyl (C=O) groups excluding carboxylic acids is 2. The highest BCUT2D eigenvalue weighted by Crippen LogP contribution is 2.49. The molecule has 0 bridgehead atoms. The smallest absolute Gasteiger partial charge is 0.315 e. The van der Waals surface area contributed by atoms with Gasteiger partial charge in [-0.15, -0.1) is 0 Å². The highest BCUT2D eigenvalue weighted by molar-refractivity contribution is 7.99. The predicted octanol–water partition coefficient (Wildman–Crippen LogP) is 4.17. The quantitative estimate of drug-likeness (QED) is 0.522. The van der Waals surface area contributed by atoms with Crippen molar-refractivity contribution in [2.45, 2.75) is 39.5 Å². The maximum absolute atomic E-state index is 13.3. The minimum absolute atomic E-state index is 0.0632. The number of carbonyl (C=O) groups is 2. The van der Waals surface area contributed by atoms with Crippen LogP contribution in [0.2, 0.25) is 0 Å². The first-order valence-corrected chi connectivity index (χ1v) is 11.8. The van der Waals surface area contributed by atoms with E-state index in [1.54, 1.807) is 11.8 Å². The number of ether oxygens (including phenoxy) is 3. The lowest BCUT2D eigenvalue weighted by Crippen LogP contribution is -2.43. The summed E-state index contributed by atoms with van der Waals surface area (Å²) in [5, 5.41) is 3.29. The van der Waals surface area contributed by atoms with Crippen molar-refractivity contribution >= 4 is 23.5 Å². The van der Waals surface area contributed by atoms with E-state index in [1.807, 2.05) is 18.2 Å². The van der Waals surface area contributed by atoms with Gasteiger partial charge in [-0.25, -0.2) is 0 Å². The van der Waals surface area contributed by atoms with Crippen LogP contribution in [-0.2, 0) is 14.3 Å². The van der Waals surface area contributed by atoms with E-state index in [1.165, 1.54) is 0 Å². The molecule has 3 aliphatic rings. The van der Waals surface area contributed by atoms with Crippen molar-refractivity contribution in [3.63, 3.8) is 0 Å². The van der Waals surface area contributed by atoms with Gasteiger partial charge in [-0.3, -0.25) is 9.59 Å². The molecule has 1 N–H and O–H groups in total. The highest BCUT2D eigenvalue weighted by Gasteiger charge is 2.47. The molecule has 1 aromatic rings. The Morgan fingerprint density at radius 3 is 2.84 bits per heavy atom. The average molecular weight is 444 g/mol. The minimum atomic E-state index is -0.684. The van der Waals surface area contributed by atoms with E-state index in [4.69, 9.17) is 14.2 Å². The van der Waals surface area contributed by atoms with Crippen LogP contribution in [-0.4, -0.2) is 36.7 Å². The summed E-state index contributed by atoms with van der Waals surface area (Å²) in [5.41, 5.74) is 2.78. The normalized spacial score (nSPS) is 24.0. The third kappa shape index (κ3) is 4.33. The molecule has 0 saturated heterocycles. The van der Waals surface area contributed by atoms with Crippen LogP contribution in [0.4, 0.5) is 0 Å². The number of hydrogen-bond donors (Lipinski definition) is 1. The topological polar surface area (TPSA) is 73.9 Å². The maximum Gasteiger partial charge on any atom is 0.315 e. The van der Waals surface area contributed by atoms with Gasteiger partial charge in [-0.2, -0.15) is 11.8 Å². The van der Waals surface area contributed by atoms with Crippen LogP contribution >= 0.6 is 11.8 Å². The van der Waals surface area contributed by atoms with Crippen LogP contribution in [0.5, 0.6) is 11.5 Å². The average Bonchev–Trinajstić information content (AvgIpc) is 3.16. The molecule has 1 aliphatic carbocycles. The van der Waals surface area contributed by atoms with E-state index in [0.29, 0.717) is 35.8 Å². The molecule has 2 unspecified atom stereocenters. The van der Waals surface area contributed by atoms with E-state index >= 15 is 0 Å². The number of Topliss-reactive ketones (excluding diaryl/α,β-unsaturated/α-hetero) is 1. The Kier molecular flexibility index (Phi) is 6.06. The first kappa shape index (κ1) is 21.8. The van der Waals surface area contributed by atoms with E-state index in [2.05, 4.69) is 32.7 Å². The molecule has 0 saturated carbocycles. The molecule has 4 rings (SSSR count). The number of ketones is 1. The van der Waals surface area contributed by atoms with E-state index < -0.39 is 11.8 Å². The zero-order chi connectivity index (χ0) is 22.2. The Morgan fingerprint density at radius 2 is 2.06 bits per heavy atom. The number of fused-ring (bicyclic) bond motifs is 1. The van der Waals surface area contributed by atoms with Gasteiger partial charge in [0.2, 0.25) is 6.79 Å². The lowest BCUT2D eigenvalue weighted by Gasteiger charge is -2.42. The molecule has 31 heavy (non-hydrogen) atoms. The molecule has 2 heterocycles. The summed E-state index contributed by atoms with van der Waals surface area (Å²) in [4.78, 5) is 26.5. The summed E-state index contributed by atoms with van der Waals surface area (Å²) in [6.45, 7) is 10.9. The van der Waals surface area contributed by atoms with Crippen LogP contribution in [0.3, 0.4) is 0 Å². The van der Waals surface area contributed by atoms with Crippen molar-refractivity contribution in [2.24, 2.45) is 11.3 Å². The fourth-order valence-corrected chi connectivity index (χ4v) is 5.12. The summed E-state index contributed by atoms with van der Waals surface area (Å²) < 4.78 is 16.6. The van der Waals surface area contributed by atoms with Crippen LogP contribution < -0.4 is 14.8 Å². The highest BCUT2D eigenvalue weighted by atomic mass is 32.2. The third-order valence-electron chi connectivity index (χ3n) is 5.94. The second-order valence-electron chi connectivity index (χ2n) is 8.92. The molecule has 2 aliphatic heterocycles. The maximum atomic E-state index is 13.3. The molecule has 0 radical (unpaired) electrons. The molecule has 6 nitrogen and oxygen atoms in total. The van der Waals surface area contributed by atoms with Gasteiger partial charge in [-0.05, 0) is 35.3 Å². The number of rotatable bonds is 6. The Bertz CT molecular complexity index is 951.